The Morgan fingerprint density at radius 1 is 1.35 bits per heavy atom. The van der Waals surface area contributed by atoms with Gasteiger partial charge in [0.25, 0.3) is 0 Å². The topological polar surface area (TPSA) is 101 Å². The van der Waals surface area contributed by atoms with Crippen LogP contribution in [0.25, 0.3) is 11.1 Å². The molecule has 0 bridgehead atoms. The van der Waals surface area contributed by atoms with Crippen molar-refractivity contribution in [3.8, 4) is 11.1 Å². The second-order valence-electron chi connectivity index (χ2n) is 3.85. The molecule has 0 atom stereocenters. The molecule has 0 spiro atoms. The number of thiocarbonyl (C=S) groups is 1. The van der Waals surface area contributed by atoms with Crippen LogP contribution in [0.5, 0.6) is 0 Å². The molecule has 0 saturated heterocycles. The minimum Gasteiger partial charge on any atom is -0.478 e. The molecule has 0 aliphatic carbocycles. The number of furan rings is 1. The Morgan fingerprint density at radius 2 is 2.05 bits per heavy atom. The molecule has 0 unspecified atom stereocenters. The van der Waals surface area contributed by atoms with Gasteiger partial charge in [-0.3, -0.25) is 5.43 Å². The molecule has 0 aliphatic rings. The number of nitrogens with two attached hydrogens (primary N) is 1. The first-order chi connectivity index (χ1) is 9.56. The van der Waals surface area contributed by atoms with Crippen LogP contribution < -0.4 is 11.2 Å². The zero-order valence-corrected chi connectivity index (χ0v) is 11.1. The van der Waals surface area contributed by atoms with E-state index in [4.69, 9.17) is 15.3 Å². The number of hydrogen-bond donors (Lipinski definition) is 3. The molecular formula is C13H11N3O3S. The largest absolute Gasteiger partial charge is 0.478 e. The molecule has 6 nitrogen and oxygen atoms in total. The van der Waals surface area contributed by atoms with Crippen molar-refractivity contribution >= 4 is 29.5 Å². The van der Waals surface area contributed by atoms with E-state index in [1.165, 1.54) is 18.3 Å². The van der Waals surface area contributed by atoms with Crippen LogP contribution in [0.2, 0.25) is 0 Å². The van der Waals surface area contributed by atoms with E-state index in [0.717, 1.165) is 11.1 Å². The highest BCUT2D eigenvalue weighted by Gasteiger charge is 2.05. The molecule has 0 amide bonds. The molecule has 4 N–H and O–H groups in total. The van der Waals surface area contributed by atoms with Gasteiger partial charge in [-0.05, 0) is 36.0 Å². The third-order valence-electron chi connectivity index (χ3n) is 2.45. The van der Waals surface area contributed by atoms with E-state index in [1.54, 1.807) is 24.5 Å². The Kier molecular flexibility index (Phi) is 4.11. The van der Waals surface area contributed by atoms with E-state index in [1.807, 2.05) is 0 Å². The molecule has 1 aromatic carbocycles. The number of hydrogen-bond acceptors (Lipinski definition) is 4. The van der Waals surface area contributed by atoms with Crippen LogP contribution in [0.4, 0.5) is 0 Å². The number of carboxylic acid groups (broad SMARTS) is 1. The molecule has 2 aromatic rings. The van der Waals surface area contributed by atoms with E-state index in [9.17, 15) is 4.79 Å². The first kappa shape index (κ1) is 13.8. The molecule has 1 heterocycles. The number of rotatable bonds is 4. The van der Waals surface area contributed by atoms with Crippen molar-refractivity contribution in [1.82, 2.24) is 5.43 Å². The number of aromatic carboxylic acids is 1. The summed E-state index contributed by atoms with van der Waals surface area (Å²) in [4.78, 5) is 10.8. The third-order valence-corrected chi connectivity index (χ3v) is 2.54. The number of benzene rings is 1. The van der Waals surface area contributed by atoms with Crippen molar-refractivity contribution < 1.29 is 14.3 Å². The van der Waals surface area contributed by atoms with Gasteiger partial charge in [-0.25, -0.2) is 4.79 Å². The smallest absolute Gasteiger partial charge is 0.335 e. The van der Waals surface area contributed by atoms with Gasteiger partial charge in [0, 0.05) is 5.56 Å². The summed E-state index contributed by atoms with van der Waals surface area (Å²) in [5.74, 6) is -0.438. The predicted molar refractivity (Wildman–Crippen MR) is 78.6 cm³/mol. The average molecular weight is 289 g/mol. The van der Waals surface area contributed by atoms with Crippen LogP contribution in [-0.2, 0) is 0 Å². The van der Waals surface area contributed by atoms with Gasteiger partial charge in [-0.2, -0.15) is 5.10 Å². The molecule has 0 saturated carbocycles. The highest BCUT2D eigenvalue weighted by molar-refractivity contribution is 7.80. The number of nitrogens with zero attached hydrogens (tertiary/aromatic N) is 1. The Labute approximate surface area is 119 Å². The Bertz CT molecular complexity index is 662. The highest BCUT2D eigenvalue weighted by Crippen LogP contribution is 2.22. The van der Waals surface area contributed by atoms with Crippen LogP contribution in [0.3, 0.4) is 0 Å². The van der Waals surface area contributed by atoms with Crippen molar-refractivity contribution in [2.75, 3.05) is 0 Å². The lowest BCUT2D eigenvalue weighted by molar-refractivity contribution is 0.0697. The second kappa shape index (κ2) is 5.98. The Morgan fingerprint density at radius 3 is 2.65 bits per heavy atom. The summed E-state index contributed by atoms with van der Waals surface area (Å²) in [6, 6.07) is 8.26. The fourth-order valence-corrected chi connectivity index (χ4v) is 1.59. The van der Waals surface area contributed by atoms with Crippen molar-refractivity contribution in [3.63, 3.8) is 0 Å². The summed E-state index contributed by atoms with van der Waals surface area (Å²) < 4.78 is 5.29. The van der Waals surface area contributed by atoms with E-state index in [0.29, 0.717) is 5.76 Å². The zero-order chi connectivity index (χ0) is 14.5. The minimum atomic E-state index is -0.958. The van der Waals surface area contributed by atoms with E-state index in [2.05, 4.69) is 22.7 Å². The van der Waals surface area contributed by atoms with Crippen molar-refractivity contribution in [3.05, 3.63) is 47.9 Å². The molecular weight excluding hydrogens is 278 g/mol. The normalized spacial score (nSPS) is 10.6. The van der Waals surface area contributed by atoms with Gasteiger partial charge in [0.15, 0.2) is 5.11 Å². The van der Waals surface area contributed by atoms with Crippen molar-refractivity contribution in [2.45, 2.75) is 0 Å². The lowest BCUT2D eigenvalue weighted by Crippen LogP contribution is -2.23. The zero-order valence-electron chi connectivity index (χ0n) is 10.2. The monoisotopic (exact) mass is 289 g/mol. The number of carboxylic acids is 1. The number of nitrogens with one attached hydrogen (secondary N) is 1. The fourth-order valence-electron chi connectivity index (χ4n) is 1.54. The Balaban J connectivity index is 2.14. The minimum absolute atomic E-state index is 0.0669. The Hall–Kier alpha value is -2.67. The van der Waals surface area contributed by atoms with Gasteiger partial charge in [0.1, 0.15) is 5.76 Å². The lowest BCUT2D eigenvalue weighted by Gasteiger charge is -1.97. The van der Waals surface area contributed by atoms with Crippen molar-refractivity contribution in [2.24, 2.45) is 10.8 Å². The number of hydrazone groups is 1. The second-order valence-corrected chi connectivity index (χ2v) is 4.29. The van der Waals surface area contributed by atoms with Crippen LogP contribution in [0, 0.1) is 0 Å². The molecule has 0 radical (unpaired) electrons. The molecule has 0 aliphatic heterocycles. The van der Waals surface area contributed by atoms with Crippen LogP contribution >= 0.6 is 12.2 Å². The summed E-state index contributed by atoms with van der Waals surface area (Å²) in [7, 11) is 0. The summed E-state index contributed by atoms with van der Waals surface area (Å²) in [5, 5.41) is 12.7. The van der Waals surface area contributed by atoms with Gasteiger partial charge in [-0.15, -0.1) is 0 Å². The standard InChI is InChI=1S/C13H11N3O3S/c14-13(20)16-15-6-11-5-10(7-19-11)8-1-3-9(4-2-8)12(17)18/h1-7H,(H,17,18)(H3,14,16,20)/b15-6+. The summed E-state index contributed by atoms with van der Waals surface area (Å²) in [6.45, 7) is 0. The average Bonchev–Trinajstić information content (AvgIpc) is 2.87. The molecule has 7 heteroatoms. The van der Waals surface area contributed by atoms with Crippen molar-refractivity contribution in [1.29, 1.82) is 0 Å². The van der Waals surface area contributed by atoms with Gasteiger partial charge >= 0.3 is 5.97 Å². The number of carbonyl (C=O) groups is 1. The molecule has 1 aromatic heterocycles. The van der Waals surface area contributed by atoms with Gasteiger partial charge in [0.05, 0.1) is 18.0 Å². The lowest BCUT2D eigenvalue weighted by atomic mass is 10.1. The van der Waals surface area contributed by atoms with Crippen LogP contribution in [0.1, 0.15) is 16.1 Å². The fraction of sp³-hybridized carbons (Fsp3) is 0. The maximum absolute atomic E-state index is 10.8. The maximum Gasteiger partial charge on any atom is 0.335 e. The molecule has 2 rings (SSSR count). The predicted octanol–water partition coefficient (Wildman–Crippen LogP) is 1.81. The SMILES string of the molecule is NC(=S)N/N=C/c1cc(-c2ccc(C(=O)O)cc2)co1. The quantitative estimate of drug-likeness (QED) is 0.451. The highest BCUT2D eigenvalue weighted by atomic mass is 32.1. The van der Waals surface area contributed by atoms with Gasteiger partial charge in [0.2, 0.25) is 0 Å². The summed E-state index contributed by atoms with van der Waals surface area (Å²) in [5.41, 5.74) is 9.54. The van der Waals surface area contributed by atoms with Gasteiger partial charge in [-0.1, -0.05) is 12.1 Å². The van der Waals surface area contributed by atoms with Crippen LogP contribution in [-0.4, -0.2) is 22.4 Å². The summed E-state index contributed by atoms with van der Waals surface area (Å²) >= 11 is 4.60. The third kappa shape index (κ3) is 3.42. The first-order valence-electron chi connectivity index (χ1n) is 5.57. The van der Waals surface area contributed by atoms with E-state index in [-0.39, 0.29) is 10.7 Å². The molecule has 20 heavy (non-hydrogen) atoms. The molecule has 0 fully saturated rings. The van der Waals surface area contributed by atoms with E-state index < -0.39 is 5.97 Å². The molecule has 102 valence electrons. The maximum atomic E-state index is 10.8. The van der Waals surface area contributed by atoms with Gasteiger partial charge < -0.3 is 15.3 Å². The van der Waals surface area contributed by atoms with Crippen LogP contribution in [0.15, 0.2) is 46.1 Å². The first-order valence-corrected chi connectivity index (χ1v) is 5.98. The van der Waals surface area contributed by atoms with E-state index >= 15 is 0 Å². The summed E-state index contributed by atoms with van der Waals surface area (Å²) in [6.07, 6.45) is 2.99.